The van der Waals surface area contributed by atoms with Gasteiger partial charge < -0.3 is 14.2 Å². The van der Waals surface area contributed by atoms with Gasteiger partial charge in [-0.2, -0.15) is 0 Å². The summed E-state index contributed by atoms with van der Waals surface area (Å²) in [5.41, 5.74) is 0. The Hall–Kier alpha value is -1.40. The topological polar surface area (TPSA) is 65.1 Å². The van der Waals surface area contributed by atoms with E-state index in [1.165, 1.54) is 7.11 Å². The van der Waals surface area contributed by atoms with Gasteiger partial charge in [-0.05, 0) is 25.8 Å². The molecule has 0 saturated carbocycles. The highest BCUT2D eigenvalue weighted by atomic mass is 16.5. The molecular weight excluding hydrogens is 262 g/mol. The summed E-state index contributed by atoms with van der Waals surface area (Å²) >= 11 is 0. The minimum Gasteiger partial charge on any atom is -0.466 e. The van der Waals surface area contributed by atoms with Gasteiger partial charge in [-0.1, -0.05) is 0 Å². The first-order valence-corrected chi connectivity index (χ1v) is 6.95. The van der Waals surface area contributed by atoms with Crippen LogP contribution >= 0.6 is 0 Å². The average Bonchev–Trinajstić information content (AvgIpc) is 2.49. The second kappa shape index (κ2) is 10.4. The van der Waals surface area contributed by atoms with Crippen molar-refractivity contribution in [1.82, 2.24) is 4.90 Å². The lowest BCUT2D eigenvalue weighted by atomic mass is 10.2. The molecule has 1 rings (SSSR count). The first-order chi connectivity index (χ1) is 9.72. The SMILES string of the molecule is COC(=O)C=CC(=O)OCCCCCN1CCOCC1. The molecule has 1 heterocycles. The quantitative estimate of drug-likeness (QED) is 0.373. The number of rotatable bonds is 8. The number of nitrogens with zero attached hydrogens (tertiary/aromatic N) is 1. The Morgan fingerprint density at radius 2 is 1.80 bits per heavy atom. The summed E-state index contributed by atoms with van der Waals surface area (Å²) in [6.07, 6.45) is 5.09. The van der Waals surface area contributed by atoms with Crippen LogP contribution in [0.1, 0.15) is 19.3 Å². The molecule has 0 radical (unpaired) electrons. The van der Waals surface area contributed by atoms with Crippen molar-refractivity contribution in [2.45, 2.75) is 19.3 Å². The largest absolute Gasteiger partial charge is 0.466 e. The molecule has 0 aromatic rings. The molecular formula is C14H23NO5. The van der Waals surface area contributed by atoms with Gasteiger partial charge in [0.15, 0.2) is 0 Å². The normalized spacial score (nSPS) is 16.2. The summed E-state index contributed by atoms with van der Waals surface area (Å²) in [5.74, 6) is -1.07. The number of morpholine rings is 1. The van der Waals surface area contributed by atoms with Crippen molar-refractivity contribution in [1.29, 1.82) is 0 Å². The molecule has 0 atom stereocenters. The molecule has 114 valence electrons. The van der Waals surface area contributed by atoms with E-state index in [9.17, 15) is 9.59 Å². The van der Waals surface area contributed by atoms with E-state index >= 15 is 0 Å². The van der Waals surface area contributed by atoms with Crippen molar-refractivity contribution in [3.8, 4) is 0 Å². The molecule has 0 aromatic carbocycles. The van der Waals surface area contributed by atoms with Crippen molar-refractivity contribution in [2.24, 2.45) is 0 Å². The van der Waals surface area contributed by atoms with Crippen molar-refractivity contribution in [3.63, 3.8) is 0 Å². The van der Waals surface area contributed by atoms with E-state index in [2.05, 4.69) is 9.64 Å². The zero-order chi connectivity index (χ0) is 14.6. The highest BCUT2D eigenvalue weighted by Gasteiger charge is 2.09. The lowest BCUT2D eigenvalue weighted by Gasteiger charge is -2.26. The molecule has 0 aromatic heterocycles. The maximum Gasteiger partial charge on any atom is 0.331 e. The van der Waals surface area contributed by atoms with Gasteiger partial charge in [0.2, 0.25) is 0 Å². The fraction of sp³-hybridized carbons (Fsp3) is 0.714. The van der Waals surface area contributed by atoms with E-state index < -0.39 is 11.9 Å². The van der Waals surface area contributed by atoms with Gasteiger partial charge in [0.1, 0.15) is 0 Å². The summed E-state index contributed by atoms with van der Waals surface area (Å²) in [6, 6.07) is 0. The number of methoxy groups -OCH3 is 1. The molecule has 0 amide bonds. The third kappa shape index (κ3) is 7.91. The predicted octanol–water partition coefficient (Wildman–Crippen LogP) is 0.761. The lowest BCUT2D eigenvalue weighted by Crippen LogP contribution is -2.36. The second-order valence-corrected chi connectivity index (χ2v) is 4.54. The number of ether oxygens (including phenoxy) is 3. The summed E-state index contributed by atoms with van der Waals surface area (Å²) in [5, 5.41) is 0. The summed E-state index contributed by atoms with van der Waals surface area (Å²) in [4.78, 5) is 24.3. The highest BCUT2D eigenvalue weighted by molar-refractivity contribution is 5.91. The van der Waals surface area contributed by atoms with Gasteiger partial charge in [-0.15, -0.1) is 0 Å². The van der Waals surface area contributed by atoms with Gasteiger partial charge >= 0.3 is 11.9 Å². The molecule has 6 heteroatoms. The Kier molecular flexibility index (Phi) is 8.66. The fourth-order valence-electron chi connectivity index (χ4n) is 1.86. The van der Waals surface area contributed by atoms with Gasteiger partial charge in [0.25, 0.3) is 0 Å². The van der Waals surface area contributed by atoms with Crippen LogP contribution in [0.2, 0.25) is 0 Å². The molecule has 6 nitrogen and oxygen atoms in total. The number of hydrogen-bond acceptors (Lipinski definition) is 6. The Morgan fingerprint density at radius 3 is 2.50 bits per heavy atom. The fourth-order valence-corrected chi connectivity index (χ4v) is 1.86. The molecule has 0 aliphatic carbocycles. The van der Waals surface area contributed by atoms with Gasteiger partial charge in [-0.3, -0.25) is 4.90 Å². The van der Waals surface area contributed by atoms with Gasteiger partial charge in [0.05, 0.1) is 26.9 Å². The van der Waals surface area contributed by atoms with Crippen LogP contribution in [-0.4, -0.2) is 63.4 Å². The Labute approximate surface area is 119 Å². The Morgan fingerprint density at radius 1 is 1.10 bits per heavy atom. The maximum atomic E-state index is 11.2. The van der Waals surface area contributed by atoms with E-state index in [-0.39, 0.29) is 0 Å². The van der Waals surface area contributed by atoms with E-state index in [1.54, 1.807) is 0 Å². The highest BCUT2D eigenvalue weighted by Crippen LogP contribution is 2.02. The molecule has 0 unspecified atom stereocenters. The van der Waals surface area contributed by atoms with Crippen LogP contribution in [0.4, 0.5) is 0 Å². The van der Waals surface area contributed by atoms with Crippen LogP contribution in [0.5, 0.6) is 0 Å². The van der Waals surface area contributed by atoms with Crippen molar-refractivity contribution < 1.29 is 23.8 Å². The predicted molar refractivity (Wildman–Crippen MR) is 73.2 cm³/mol. The molecule has 1 saturated heterocycles. The van der Waals surface area contributed by atoms with Crippen LogP contribution < -0.4 is 0 Å². The number of carbonyl (C=O) groups is 2. The summed E-state index contributed by atoms with van der Waals surface area (Å²) in [6.45, 7) is 5.11. The smallest absolute Gasteiger partial charge is 0.331 e. The van der Waals surface area contributed by atoms with E-state index in [4.69, 9.17) is 9.47 Å². The minimum atomic E-state index is -0.563. The standard InChI is InChI=1S/C14H23NO5/c1-18-13(16)5-6-14(17)20-10-4-2-3-7-15-8-11-19-12-9-15/h5-6H,2-4,7-12H2,1H3. The van der Waals surface area contributed by atoms with Crippen LogP contribution in [0.25, 0.3) is 0 Å². The van der Waals surface area contributed by atoms with E-state index in [1.807, 2.05) is 0 Å². The van der Waals surface area contributed by atoms with Crippen molar-refractivity contribution in [2.75, 3.05) is 46.6 Å². The molecule has 1 aliphatic heterocycles. The lowest BCUT2D eigenvalue weighted by molar-refractivity contribution is -0.139. The number of hydrogen-bond donors (Lipinski definition) is 0. The zero-order valence-corrected chi connectivity index (χ0v) is 12.0. The third-order valence-corrected chi connectivity index (χ3v) is 3.02. The summed E-state index contributed by atoms with van der Waals surface area (Å²) < 4.78 is 14.6. The van der Waals surface area contributed by atoms with E-state index in [0.29, 0.717) is 6.61 Å². The third-order valence-electron chi connectivity index (χ3n) is 3.02. The zero-order valence-electron chi connectivity index (χ0n) is 12.0. The molecule has 0 bridgehead atoms. The van der Waals surface area contributed by atoms with Crippen molar-refractivity contribution >= 4 is 11.9 Å². The second-order valence-electron chi connectivity index (χ2n) is 4.54. The Bertz CT molecular complexity index is 324. The number of unbranched alkanes of at least 4 members (excludes halogenated alkanes) is 2. The van der Waals surface area contributed by atoms with Crippen LogP contribution in [-0.2, 0) is 23.8 Å². The average molecular weight is 285 g/mol. The van der Waals surface area contributed by atoms with Crippen LogP contribution in [0.15, 0.2) is 12.2 Å². The first kappa shape index (κ1) is 16.7. The molecule has 1 aliphatic rings. The molecule has 0 spiro atoms. The first-order valence-electron chi connectivity index (χ1n) is 6.95. The Balaban J connectivity index is 1.94. The monoisotopic (exact) mass is 285 g/mol. The van der Waals surface area contributed by atoms with E-state index in [0.717, 1.165) is 64.3 Å². The van der Waals surface area contributed by atoms with Crippen LogP contribution in [0.3, 0.4) is 0 Å². The number of carbonyl (C=O) groups excluding carboxylic acids is 2. The minimum absolute atomic E-state index is 0.382. The molecule has 20 heavy (non-hydrogen) atoms. The van der Waals surface area contributed by atoms with Crippen molar-refractivity contribution in [3.05, 3.63) is 12.2 Å². The van der Waals surface area contributed by atoms with Crippen LogP contribution in [0, 0.1) is 0 Å². The van der Waals surface area contributed by atoms with Gasteiger partial charge in [-0.25, -0.2) is 9.59 Å². The summed E-state index contributed by atoms with van der Waals surface area (Å²) in [7, 11) is 1.26. The maximum absolute atomic E-state index is 11.2. The molecule has 0 N–H and O–H groups in total. The number of esters is 2. The van der Waals surface area contributed by atoms with Gasteiger partial charge in [0, 0.05) is 25.2 Å². The molecule has 1 fully saturated rings.